The van der Waals surface area contributed by atoms with Crippen LogP contribution in [0.1, 0.15) is 103 Å². The van der Waals surface area contributed by atoms with Gasteiger partial charge in [0.05, 0.1) is 11.4 Å². The zero-order valence-corrected chi connectivity index (χ0v) is 38.5. The molecule has 2 aliphatic carbocycles. The smallest absolute Gasteiger partial charge is 0.159 e. The fraction of sp³-hybridized carbons (Fsp3) is 0.276. The highest BCUT2D eigenvalue weighted by molar-refractivity contribution is 6.31. The number of benzene rings is 7. The maximum Gasteiger partial charge on any atom is 0.159 e. The Kier molecular flexibility index (Phi) is 8.86. The van der Waals surface area contributed by atoms with Crippen LogP contribution in [0.5, 0.6) is 0 Å². The second-order valence-corrected chi connectivity index (χ2v) is 21.3. The van der Waals surface area contributed by atoms with Crippen LogP contribution in [0, 0.1) is 0 Å². The largest absolute Gasteiger partial charge is 0.454 e. The molecule has 0 aliphatic heterocycles. The second-order valence-electron chi connectivity index (χ2n) is 20.8. The number of hydrogen-bond donors (Lipinski definition) is 0. The minimum atomic E-state index is 0.00819. The number of para-hydroxylation sites is 4. The first-order chi connectivity index (χ1) is 30.1. The van der Waals surface area contributed by atoms with Crippen molar-refractivity contribution in [3.8, 4) is 0 Å². The lowest BCUT2D eigenvalue weighted by atomic mass is 9.63. The molecule has 9 aromatic rings. The predicted octanol–water partition coefficient (Wildman–Crippen LogP) is 17.8. The van der Waals surface area contributed by atoms with Gasteiger partial charge in [0.15, 0.2) is 11.2 Å². The van der Waals surface area contributed by atoms with Crippen LogP contribution in [0.4, 0.5) is 34.1 Å². The molecule has 0 unspecified atom stereocenters. The third-order valence-corrected chi connectivity index (χ3v) is 15.0. The van der Waals surface area contributed by atoms with Crippen LogP contribution >= 0.6 is 11.6 Å². The Labute approximate surface area is 376 Å². The molecular weight excluding hydrogens is 792 g/mol. The molecule has 2 heterocycles. The van der Waals surface area contributed by atoms with Crippen LogP contribution in [0.15, 0.2) is 148 Å². The Morgan fingerprint density at radius 1 is 0.381 bits per heavy atom. The van der Waals surface area contributed by atoms with Gasteiger partial charge in [-0.2, -0.15) is 0 Å². The van der Waals surface area contributed by atoms with Gasteiger partial charge in [0, 0.05) is 49.3 Å². The van der Waals surface area contributed by atoms with Crippen LogP contribution < -0.4 is 9.80 Å². The molecule has 0 atom stereocenters. The van der Waals surface area contributed by atoms with Crippen molar-refractivity contribution >= 4 is 89.6 Å². The van der Waals surface area contributed by atoms with Crippen molar-refractivity contribution < 1.29 is 8.83 Å². The first kappa shape index (κ1) is 39.8. The Morgan fingerprint density at radius 3 is 1.19 bits per heavy atom. The van der Waals surface area contributed by atoms with E-state index in [0.29, 0.717) is 5.02 Å². The van der Waals surface area contributed by atoms with Gasteiger partial charge in [-0.1, -0.05) is 140 Å². The summed E-state index contributed by atoms with van der Waals surface area (Å²) in [5, 5.41) is 4.97. The van der Waals surface area contributed by atoms with E-state index >= 15 is 0 Å². The Balaban J connectivity index is 1.19. The van der Waals surface area contributed by atoms with Crippen molar-refractivity contribution in [1.82, 2.24) is 0 Å². The SMILES string of the molecule is CC1(C)CCC(C)(C)c2cc(N(c3cc(Cl)cc(N(c4ccc5c(c4)C(C)(C)CCC5(C)C)c4cccc5c4oc4ccccc45)c3)c3cccc4c3oc3ccccc34)ccc21. The van der Waals surface area contributed by atoms with Crippen LogP contribution in [-0.2, 0) is 21.7 Å². The second kappa shape index (κ2) is 14.0. The summed E-state index contributed by atoms with van der Waals surface area (Å²) in [6.07, 6.45) is 4.54. The van der Waals surface area contributed by atoms with Crippen molar-refractivity contribution in [3.05, 3.63) is 167 Å². The van der Waals surface area contributed by atoms with Gasteiger partial charge in [-0.15, -0.1) is 0 Å². The summed E-state index contributed by atoms with van der Waals surface area (Å²) in [7, 11) is 0. The number of rotatable bonds is 6. The van der Waals surface area contributed by atoms with Gasteiger partial charge in [0.1, 0.15) is 11.2 Å². The molecular formula is C58H55ClN2O2. The van der Waals surface area contributed by atoms with Gasteiger partial charge in [-0.3, -0.25) is 0 Å². The number of furan rings is 2. The number of hydrogen-bond acceptors (Lipinski definition) is 4. The van der Waals surface area contributed by atoms with Crippen LogP contribution in [0.25, 0.3) is 43.9 Å². The van der Waals surface area contributed by atoms with Crippen LogP contribution in [0.2, 0.25) is 5.02 Å². The summed E-state index contributed by atoms with van der Waals surface area (Å²) in [6.45, 7) is 19.1. The molecule has 63 heavy (non-hydrogen) atoms. The predicted molar refractivity (Wildman–Crippen MR) is 266 cm³/mol. The Morgan fingerprint density at radius 2 is 0.762 bits per heavy atom. The summed E-state index contributed by atoms with van der Waals surface area (Å²) in [6, 6.07) is 50.3. The van der Waals surface area contributed by atoms with Gasteiger partial charge in [0.25, 0.3) is 0 Å². The van der Waals surface area contributed by atoms with Crippen molar-refractivity contribution in [1.29, 1.82) is 0 Å². The maximum absolute atomic E-state index is 7.45. The average Bonchev–Trinajstić information content (AvgIpc) is 3.84. The summed E-state index contributed by atoms with van der Waals surface area (Å²) in [5.41, 5.74) is 15.1. The highest BCUT2D eigenvalue weighted by Gasteiger charge is 2.39. The van der Waals surface area contributed by atoms with Crippen molar-refractivity contribution in [2.24, 2.45) is 0 Å². The van der Waals surface area contributed by atoms with Gasteiger partial charge in [-0.05, 0) is 136 Å². The molecule has 316 valence electrons. The third kappa shape index (κ3) is 6.39. The van der Waals surface area contributed by atoms with Crippen LogP contribution in [0.3, 0.4) is 0 Å². The molecule has 2 aromatic heterocycles. The molecule has 0 amide bonds. The van der Waals surface area contributed by atoms with Gasteiger partial charge >= 0.3 is 0 Å². The third-order valence-electron chi connectivity index (χ3n) is 14.8. The number of halogens is 1. The minimum Gasteiger partial charge on any atom is -0.454 e. The molecule has 2 aliphatic rings. The minimum absolute atomic E-state index is 0.00819. The highest BCUT2D eigenvalue weighted by atomic mass is 35.5. The van der Waals surface area contributed by atoms with Gasteiger partial charge < -0.3 is 18.6 Å². The highest BCUT2D eigenvalue weighted by Crippen LogP contribution is 2.53. The molecule has 7 aromatic carbocycles. The van der Waals surface area contributed by atoms with Crippen molar-refractivity contribution in [2.45, 2.75) is 103 Å². The fourth-order valence-corrected chi connectivity index (χ4v) is 11.1. The zero-order valence-electron chi connectivity index (χ0n) is 37.7. The molecule has 0 bridgehead atoms. The molecule has 0 spiro atoms. The standard InChI is InChI=1S/C58H55ClN2O2/c1-55(2)27-29-57(5,6)47-34-37(23-25-45(47)55)60(49-19-13-17-43-41-15-9-11-21-51(41)62-53(43)49)39-31-36(59)32-40(33-39)61(38-24-26-46-48(35-38)58(7,8)30-28-56(46,3)4)50-20-14-18-44-42-16-10-12-22-52(42)63-54(44)50/h9-26,31-35H,27-30H2,1-8H3. The molecule has 0 radical (unpaired) electrons. The lowest BCUT2D eigenvalue weighted by molar-refractivity contribution is 0.332. The molecule has 0 N–H and O–H groups in total. The van der Waals surface area contributed by atoms with Crippen molar-refractivity contribution in [3.63, 3.8) is 0 Å². The Hall–Kier alpha value is -5.97. The summed E-state index contributed by atoms with van der Waals surface area (Å²) in [5.74, 6) is 0. The van der Waals surface area contributed by atoms with E-state index in [1.807, 2.05) is 12.1 Å². The molecule has 11 rings (SSSR count). The molecule has 0 fully saturated rings. The number of fused-ring (bicyclic) bond motifs is 8. The number of anilines is 6. The Bertz CT molecular complexity index is 3070. The molecule has 0 saturated heterocycles. The monoisotopic (exact) mass is 846 g/mol. The zero-order chi connectivity index (χ0) is 43.6. The van der Waals surface area contributed by atoms with Crippen molar-refractivity contribution in [2.75, 3.05) is 9.80 Å². The quantitative estimate of drug-likeness (QED) is 0.167. The van der Waals surface area contributed by atoms with E-state index in [2.05, 4.69) is 193 Å². The molecule has 5 heteroatoms. The average molecular weight is 848 g/mol. The molecule has 4 nitrogen and oxygen atoms in total. The number of nitrogens with zero attached hydrogens (tertiary/aromatic N) is 2. The lowest BCUT2D eigenvalue weighted by Crippen LogP contribution is -2.34. The molecule has 0 saturated carbocycles. The first-order valence-electron chi connectivity index (χ1n) is 22.6. The maximum atomic E-state index is 7.45. The normalized spacial score (nSPS) is 17.2. The van der Waals surface area contributed by atoms with Crippen LogP contribution in [-0.4, -0.2) is 0 Å². The topological polar surface area (TPSA) is 32.8 Å². The van der Waals surface area contributed by atoms with E-state index < -0.39 is 0 Å². The van der Waals surface area contributed by atoms with E-state index in [1.54, 1.807) is 0 Å². The summed E-state index contributed by atoms with van der Waals surface area (Å²) < 4.78 is 13.6. The van der Waals surface area contributed by atoms with E-state index in [9.17, 15) is 0 Å². The van der Waals surface area contributed by atoms with Gasteiger partial charge in [-0.25, -0.2) is 0 Å². The fourth-order valence-electron chi connectivity index (χ4n) is 10.9. The van der Waals surface area contributed by atoms with E-state index in [0.717, 1.165) is 104 Å². The lowest BCUT2D eigenvalue weighted by Gasteiger charge is -2.42. The summed E-state index contributed by atoms with van der Waals surface area (Å²) >= 11 is 7.45. The van der Waals surface area contributed by atoms with E-state index in [1.165, 1.54) is 22.3 Å². The van der Waals surface area contributed by atoms with E-state index in [-0.39, 0.29) is 21.7 Å². The summed E-state index contributed by atoms with van der Waals surface area (Å²) in [4.78, 5) is 4.72. The first-order valence-corrected chi connectivity index (χ1v) is 23.0. The van der Waals surface area contributed by atoms with Gasteiger partial charge in [0.2, 0.25) is 0 Å². The van der Waals surface area contributed by atoms with E-state index in [4.69, 9.17) is 20.4 Å².